The van der Waals surface area contributed by atoms with Gasteiger partial charge in [-0.3, -0.25) is 4.79 Å². The fraction of sp³-hybridized carbons (Fsp3) is 0.267. The molecule has 4 aromatic rings. The molecule has 2 aromatic heterocycles. The zero-order chi connectivity index (χ0) is 27.7. The van der Waals surface area contributed by atoms with Crippen LogP contribution in [0.1, 0.15) is 25.8 Å². The van der Waals surface area contributed by atoms with Gasteiger partial charge in [0, 0.05) is 31.2 Å². The van der Waals surface area contributed by atoms with E-state index < -0.39 is 5.69 Å². The molecule has 1 aliphatic heterocycles. The van der Waals surface area contributed by atoms with Crippen LogP contribution in [0.15, 0.2) is 72.0 Å². The third-order valence-corrected chi connectivity index (χ3v) is 7.69. The van der Waals surface area contributed by atoms with Crippen LogP contribution in [0.3, 0.4) is 0 Å². The first-order valence-electron chi connectivity index (χ1n) is 13.0. The highest BCUT2D eigenvalue weighted by Crippen LogP contribution is 2.36. The summed E-state index contributed by atoms with van der Waals surface area (Å²) in [6.07, 6.45) is 3.04. The number of hydrogen-bond acceptors (Lipinski definition) is 5. The number of hydrogen-bond donors (Lipinski definition) is 0. The molecule has 1 amide bonds. The lowest BCUT2D eigenvalue weighted by Crippen LogP contribution is -2.54. The maximum absolute atomic E-state index is 13.8. The lowest BCUT2D eigenvalue weighted by Gasteiger charge is -2.40. The number of pyridine rings is 1. The molecular weight excluding hydrogens is 533 g/mol. The highest BCUT2D eigenvalue weighted by Gasteiger charge is 2.30. The third kappa shape index (κ3) is 5.04. The minimum Gasteiger partial charge on any atom is -0.350 e. The van der Waals surface area contributed by atoms with Crippen LogP contribution in [0.2, 0.25) is 10.0 Å². The van der Waals surface area contributed by atoms with Crippen LogP contribution in [-0.2, 0) is 11.2 Å². The largest absolute Gasteiger partial charge is 0.355 e. The number of anilines is 1. The number of amides is 1. The van der Waals surface area contributed by atoms with Crippen molar-refractivity contribution in [3.05, 3.63) is 93.3 Å². The van der Waals surface area contributed by atoms with Gasteiger partial charge < -0.3 is 9.80 Å². The topological polar surface area (TPSA) is 71.3 Å². The van der Waals surface area contributed by atoms with Gasteiger partial charge in [0.15, 0.2) is 5.65 Å². The fourth-order valence-corrected chi connectivity index (χ4v) is 5.67. The number of nitrogens with zero attached hydrogens (tertiary/aromatic N) is 5. The normalized spacial score (nSPS) is 15.5. The molecule has 0 unspecified atom stereocenters. The molecule has 1 fully saturated rings. The van der Waals surface area contributed by atoms with Gasteiger partial charge in [-0.1, -0.05) is 79.5 Å². The Morgan fingerprint density at radius 3 is 2.54 bits per heavy atom. The first kappa shape index (κ1) is 26.9. The molecule has 0 spiro atoms. The molecule has 5 rings (SSSR count). The average molecular weight is 563 g/mol. The monoisotopic (exact) mass is 561 g/mol. The van der Waals surface area contributed by atoms with Crippen LogP contribution in [0.4, 0.5) is 5.82 Å². The average Bonchev–Trinajstić information content (AvgIpc) is 2.93. The molecule has 7 nitrogen and oxygen atoms in total. The van der Waals surface area contributed by atoms with E-state index in [-0.39, 0.29) is 11.9 Å². The molecule has 39 heavy (non-hydrogen) atoms. The van der Waals surface area contributed by atoms with Crippen LogP contribution in [0.25, 0.3) is 28.0 Å². The molecule has 0 radical (unpaired) electrons. The predicted molar refractivity (Wildman–Crippen MR) is 158 cm³/mol. The number of fused-ring (bicyclic) bond motifs is 1. The molecule has 0 N–H and O–H groups in total. The summed E-state index contributed by atoms with van der Waals surface area (Å²) in [7, 11) is 0. The Kier molecular flexibility index (Phi) is 7.73. The maximum Gasteiger partial charge on any atom is 0.355 e. The Morgan fingerprint density at radius 2 is 1.82 bits per heavy atom. The summed E-state index contributed by atoms with van der Waals surface area (Å²) in [6.45, 7) is 9.18. The van der Waals surface area contributed by atoms with E-state index in [9.17, 15) is 9.59 Å². The maximum atomic E-state index is 13.8. The van der Waals surface area contributed by atoms with Gasteiger partial charge in [0.05, 0.1) is 26.8 Å². The summed E-state index contributed by atoms with van der Waals surface area (Å²) in [5.41, 5.74) is 2.95. The summed E-state index contributed by atoms with van der Waals surface area (Å²) < 4.78 is 1.57. The van der Waals surface area contributed by atoms with Crippen molar-refractivity contribution in [3.8, 4) is 16.9 Å². The number of carbonyl (C=O) groups excluding carboxylic acids is 1. The minimum absolute atomic E-state index is 0.0944. The number of aryl methyl sites for hydroxylation is 1. The Balaban J connectivity index is 1.77. The highest BCUT2D eigenvalue weighted by atomic mass is 35.5. The van der Waals surface area contributed by atoms with E-state index in [2.05, 4.69) is 18.5 Å². The van der Waals surface area contributed by atoms with Crippen LogP contribution in [0, 0.1) is 0 Å². The van der Waals surface area contributed by atoms with E-state index >= 15 is 0 Å². The third-order valence-electron chi connectivity index (χ3n) is 7.07. The van der Waals surface area contributed by atoms with Crippen molar-refractivity contribution < 1.29 is 4.79 Å². The van der Waals surface area contributed by atoms with Crippen LogP contribution in [0.5, 0.6) is 0 Å². The van der Waals surface area contributed by atoms with Crippen molar-refractivity contribution in [2.45, 2.75) is 32.7 Å². The molecule has 3 heterocycles. The van der Waals surface area contributed by atoms with E-state index in [4.69, 9.17) is 28.2 Å². The molecule has 0 aliphatic carbocycles. The smallest absolute Gasteiger partial charge is 0.350 e. The molecule has 0 bridgehead atoms. The SMILES string of the molecule is C=CC(=O)N1CCN(c2nc(=O)n(-c3ccccc3CCC)c3nc(-c4ccccc4Cl)c(Cl)cc23)[C@@H](C)C1. The fourth-order valence-electron chi connectivity index (χ4n) is 5.20. The zero-order valence-electron chi connectivity index (χ0n) is 21.9. The van der Waals surface area contributed by atoms with E-state index in [1.807, 2.05) is 60.4 Å². The van der Waals surface area contributed by atoms with Gasteiger partial charge in [0.2, 0.25) is 5.91 Å². The summed E-state index contributed by atoms with van der Waals surface area (Å²) in [4.78, 5) is 39.4. The second kappa shape index (κ2) is 11.2. The Hall–Kier alpha value is -3.68. The van der Waals surface area contributed by atoms with Crippen LogP contribution in [-0.4, -0.2) is 51.0 Å². The second-order valence-corrected chi connectivity index (χ2v) is 10.4. The van der Waals surface area contributed by atoms with Crippen molar-refractivity contribution >= 4 is 46.0 Å². The van der Waals surface area contributed by atoms with Crippen molar-refractivity contribution in [3.63, 3.8) is 0 Å². The minimum atomic E-state index is -0.433. The standard InChI is InChI=1S/C30H29Cl2N5O2/c1-4-10-20-11-6-9-14-25(20)37-29-22(17-24(32)27(33-29)21-12-7-8-13-23(21)31)28(34-30(37)39)36-16-15-35(18-19(36)3)26(38)5-2/h5-9,11-14,17,19H,2,4,10,15-16,18H2,1,3H3/t19-/m0/s1. The molecular formula is C30H29Cl2N5O2. The highest BCUT2D eigenvalue weighted by molar-refractivity contribution is 6.36. The quantitative estimate of drug-likeness (QED) is 0.273. The zero-order valence-corrected chi connectivity index (χ0v) is 23.4. The van der Waals surface area contributed by atoms with E-state index in [0.29, 0.717) is 57.8 Å². The first-order chi connectivity index (χ1) is 18.8. The summed E-state index contributed by atoms with van der Waals surface area (Å²) in [5.74, 6) is 0.383. The van der Waals surface area contributed by atoms with Gasteiger partial charge in [0.1, 0.15) is 5.82 Å². The lowest BCUT2D eigenvalue weighted by atomic mass is 10.1. The van der Waals surface area contributed by atoms with Gasteiger partial charge in [-0.05, 0) is 43.2 Å². The van der Waals surface area contributed by atoms with E-state index in [1.165, 1.54) is 6.08 Å². The molecule has 9 heteroatoms. The Labute approximate surface area is 237 Å². The number of halogens is 2. The molecule has 2 aromatic carbocycles. The predicted octanol–water partition coefficient (Wildman–Crippen LogP) is 5.93. The Morgan fingerprint density at radius 1 is 1.08 bits per heavy atom. The number of para-hydroxylation sites is 1. The molecule has 1 saturated heterocycles. The second-order valence-electron chi connectivity index (χ2n) is 9.63. The van der Waals surface area contributed by atoms with Gasteiger partial charge in [-0.25, -0.2) is 14.3 Å². The van der Waals surface area contributed by atoms with E-state index in [1.54, 1.807) is 15.5 Å². The van der Waals surface area contributed by atoms with Crippen molar-refractivity contribution in [1.29, 1.82) is 0 Å². The molecule has 1 aliphatic rings. The number of piperazine rings is 1. The number of aromatic nitrogens is 3. The van der Waals surface area contributed by atoms with Crippen LogP contribution < -0.4 is 10.6 Å². The summed E-state index contributed by atoms with van der Waals surface area (Å²) in [6, 6.07) is 16.9. The van der Waals surface area contributed by atoms with Gasteiger partial charge in [0.25, 0.3) is 0 Å². The van der Waals surface area contributed by atoms with Crippen molar-refractivity contribution in [2.24, 2.45) is 0 Å². The summed E-state index contributed by atoms with van der Waals surface area (Å²) >= 11 is 13.4. The number of carbonyl (C=O) groups is 1. The molecule has 0 saturated carbocycles. The first-order valence-corrected chi connectivity index (χ1v) is 13.7. The van der Waals surface area contributed by atoms with Gasteiger partial charge in [-0.2, -0.15) is 4.98 Å². The van der Waals surface area contributed by atoms with E-state index in [0.717, 1.165) is 24.1 Å². The van der Waals surface area contributed by atoms with Crippen molar-refractivity contribution in [1.82, 2.24) is 19.4 Å². The summed E-state index contributed by atoms with van der Waals surface area (Å²) in [5, 5.41) is 1.56. The van der Waals surface area contributed by atoms with Gasteiger partial charge >= 0.3 is 5.69 Å². The number of benzene rings is 2. The lowest BCUT2D eigenvalue weighted by molar-refractivity contribution is -0.126. The Bertz CT molecular complexity index is 1630. The number of rotatable bonds is 6. The van der Waals surface area contributed by atoms with Crippen molar-refractivity contribution in [2.75, 3.05) is 24.5 Å². The van der Waals surface area contributed by atoms with Gasteiger partial charge in [-0.15, -0.1) is 0 Å². The molecule has 200 valence electrons. The molecule has 1 atom stereocenters. The van der Waals surface area contributed by atoms with Crippen LogP contribution >= 0.6 is 23.2 Å².